The maximum Gasteiger partial charge on any atom is 0.416 e. The summed E-state index contributed by atoms with van der Waals surface area (Å²) in [5.74, 6) is 0.194. The van der Waals surface area contributed by atoms with Gasteiger partial charge in [-0.15, -0.1) is 0 Å². The lowest BCUT2D eigenvalue weighted by Crippen LogP contribution is -2.05. The number of aromatic nitrogens is 2. The van der Waals surface area contributed by atoms with Gasteiger partial charge in [0.2, 0.25) is 0 Å². The van der Waals surface area contributed by atoms with Crippen molar-refractivity contribution in [3.63, 3.8) is 0 Å². The van der Waals surface area contributed by atoms with E-state index in [0.717, 1.165) is 12.1 Å². The molecule has 0 saturated heterocycles. The van der Waals surface area contributed by atoms with E-state index in [1.54, 1.807) is 44.2 Å². The molecule has 0 aliphatic rings. The summed E-state index contributed by atoms with van der Waals surface area (Å²) >= 11 is 0. The lowest BCUT2D eigenvalue weighted by molar-refractivity contribution is -0.137. The van der Waals surface area contributed by atoms with Crippen LogP contribution in [0.4, 0.5) is 24.7 Å². The second-order valence-electron chi connectivity index (χ2n) is 6.22. The predicted octanol–water partition coefficient (Wildman–Crippen LogP) is 5.39. The molecule has 150 valence electrons. The topological polar surface area (TPSA) is 64.1 Å². The number of hydrogen-bond acceptors (Lipinski definition) is 5. The second kappa shape index (κ2) is 8.30. The Kier molecular flexibility index (Phi) is 5.81. The van der Waals surface area contributed by atoms with Gasteiger partial charge in [-0.1, -0.05) is 12.1 Å². The molecule has 0 amide bonds. The predicted molar refractivity (Wildman–Crippen MR) is 103 cm³/mol. The molecular formula is C21H18F3N3O2. The van der Waals surface area contributed by atoms with Crippen LogP contribution in [-0.4, -0.2) is 22.5 Å². The number of halogens is 3. The van der Waals surface area contributed by atoms with Gasteiger partial charge in [-0.3, -0.25) is 0 Å². The standard InChI is InChI=1S/C21H18F3N3O2/c1-3-29-20(28)14-7-9-17(10-8-14)26-18-11-13(2)25-19(27-18)15-5-4-6-16(12-15)21(22,23)24/h4-12H,3H2,1-2H3,(H,25,26,27). The third-order valence-corrected chi connectivity index (χ3v) is 3.97. The first-order valence-corrected chi connectivity index (χ1v) is 8.84. The molecule has 0 aliphatic heterocycles. The van der Waals surface area contributed by atoms with Gasteiger partial charge in [0.1, 0.15) is 5.82 Å². The van der Waals surface area contributed by atoms with Gasteiger partial charge in [0, 0.05) is 23.0 Å². The van der Waals surface area contributed by atoms with Crippen LogP contribution < -0.4 is 5.32 Å². The highest BCUT2D eigenvalue weighted by molar-refractivity contribution is 5.89. The number of rotatable bonds is 5. The van der Waals surface area contributed by atoms with Crippen LogP contribution in [0, 0.1) is 6.92 Å². The molecule has 29 heavy (non-hydrogen) atoms. The van der Waals surface area contributed by atoms with Crippen molar-refractivity contribution in [2.75, 3.05) is 11.9 Å². The maximum absolute atomic E-state index is 13.0. The average molecular weight is 401 g/mol. The van der Waals surface area contributed by atoms with Crippen LogP contribution in [0.25, 0.3) is 11.4 Å². The van der Waals surface area contributed by atoms with Crippen molar-refractivity contribution in [3.8, 4) is 11.4 Å². The minimum atomic E-state index is -4.44. The zero-order chi connectivity index (χ0) is 21.0. The molecule has 0 fully saturated rings. The molecule has 1 N–H and O–H groups in total. The molecule has 0 aliphatic carbocycles. The number of nitrogens with zero attached hydrogens (tertiary/aromatic N) is 2. The van der Waals surface area contributed by atoms with E-state index in [0.29, 0.717) is 22.8 Å². The van der Waals surface area contributed by atoms with Crippen LogP contribution in [0.2, 0.25) is 0 Å². The average Bonchev–Trinajstić information content (AvgIpc) is 2.68. The Labute approximate surface area is 165 Å². The van der Waals surface area contributed by atoms with Crippen molar-refractivity contribution in [1.29, 1.82) is 0 Å². The van der Waals surface area contributed by atoms with Gasteiger partial charge in [-0.25, -0.2) is 14.8 Å². The van der Waals surface area contributed by atoms with Crippen molar-refractivity contribution >= 4 is 17.5 Å². The van der Waals surface area contributed by atoms with E-state index in [2.05, 4.69) is 15.3 Å². The summed E-state index contributed by atoms with van der Waals surface area (Å²) in [6, 6.07) is 13.2. The fraction of sp³-hybridized carbons (Fsp3) is 0.190. The molecule has 0 spiro atoms. The molecular weight excluding hydrogens is 383 g/mol. The zero-order valence-corrected chi connectivity index (χ0v) is 15.7. The van der Waals surface area contributed by atoms with E-state index >= 15 is 0 Å². The van der Waals surface area contributed by atoms with E-state index in [1.807, 2.05) is 0 Å². The Bertz CT molecular complexity index is 1020. The van der Waals surface area contributed by atoms with Gasteiger partial charge >= 0.3 is 12.1 Å². The Morgan fingerprint density at radius 1 is 1.07 bits per heavy atom. The van der Waals surface area contributed by atoms with Crippen molar-refractivity contribution in [1.82, 2.24) is 9.97 Å². The molecule has 8 heteroatoms. The number of alkyl halides is 3. The van der Waals surface area contributed by atoms with Crippen LogP contribution in [0.1, 0.15) is 28.5 Å². The monoisotopic (exact) mass is 401 g/mol. The lowest BCUT2D eigenvalue weighted by atomic mass is 10.1. The first-order chi connectivity index (χ1) is 13.8. The summed E-state index contributed by atoms with van der Waals surface area (Å²) in [4.78, 5) is 20.3. The van der Waals surface area contributed by atoms with E-state index in [9.17, 15) is 18.0 Å². The fourth-order valence-corrected chi connectivity index (χ4v) is 2.65. The van der Waals surface area contributed by atoms with Gasteiger partial charge in [-0.2, -0.15) is 13.2 Å². The molecule has 0 bridgehead atoms. The Morgan fingerprint density at radius 3 is 2.45 bits per heavy atom. The van der Waals surface area contributed by atoms with Crippen molar-refractivity contribution in [3.05, 3.63) is 71.4 Å². The summed E-state index contributed by atoms with van der Waals surface area (Å²) in [5, 5.41) is 3.07. The molecule has 2 aromatic carbocycles. The number of benzene rings is 2. The van der Waals surface area contributed by atoms with Crippen LogP contribution in [0.5, 0.6) is 0 Å². The normalized spacial score (nSPS) is 11.2. The largest absolute Gasteiger partial charge is 0.462 e. The molecule has 5 nitrogen and oxygen atoms in total. The number of hydrogen-bond donors (Lipinski definition) is 1. The van der Waals surface area contributed by atoms with E-state index in [1.165, 1.54) is 12.1 Å². The first-order valence-electron chi connectivity index (χ1n) is 8.84. The van der Waals surface area contributed by atoms with Crippen molar-refractivity contribution < 1.29 is 22.7 Å². The highest BCUT2D eigenvalue weighted by Gasteiger charge is 2.30. The molecule has 1 aromatic heterocycles. The summed E-state index contributed by atoms with van der Waals surface area (Å²) in [6.07, 6.45) is -4.44. The lowest BCUT2D eigenvalue weighted by Gasteiger charge is -2.11. The van der Waals surface area contributed by atoms with E-state index in [4.69, 9.17) is 4.74 Å². The number of carbonyl (C=O) groups is 1. The molecule has 0 radical (unpaired) electrons. The summed E-state index contributed by atoms with van der Waals surface area (Å²) < 4.78 is 43.9. The number of nitrogens with one attached hydrogen (secondary N) is 1. The van der Waals surface area contributed by atoms with Crippen LogP contribution >= 0.6 is 0 Å². The van der Waals surface area contributed by atoms with Crippen LogP contribution in [0.15, 0.2) is 54.6 Å². The van der Waals surface area contributed by atoms with Gasteiger partial charge in [0.25, 0.3) is 0 Å². The van der Waals surface area contributed by atoms with E-state index in [-0.39, 0.29) is 18.0 Å². The Balaban J connectivity index is 1.86. The van der Waals surface area contributed by atoms with Crippen molar-refractivity contribution in [2.45, 2.75) is 20.0 Å². The molecule has 0 unspecified atom stereocenters. The number of esters is 1. The Hall–Kier alpha value is -3.42. The van der Waals surface area contributed by atoms with Gasteiger partial charge in [0.05, 0.1) is 17.7 Å². The van der Waals surface area contributed by atoms with Gasteiger partial charge in [0.15, 0.2) is 5.82 Å². The van der Waals surface area contributed by atoms with Gasteiger partial charge in [-0.05, 0) is 50.2 Å². The summed E-state index contributed by atoms with van der Waals surface area (Å²) in [5.41, 5.74) is 1.18. The minimum absolute atomic E-state index is 0.182. The third kappa shape index (κ3) is 5.10. The molecule has 0 atom stereocenters. The molecule has 1 heterocycles. The summed E-state index contributed by atoms with van der Waals surface area (Å²) in [7, 11) is 0. The molecule has 3 rings (SSSR count). The minimum Gasteiger partial charge on any atom is -0.462 e. The maximum atomic E-state index is 13.0. The third-order valence-electron chi connectivity index (χ3n) is 3.97. The molecule has 3 aromatic rings. The number of ether oxygens (including phenoxy) is 1. The number of anilines is 2. The smallest absolute Gasteiger partial charge is 0.416 e. The highest BCUT2D eigenvalue weighted by atomic mass is 19.4. The Morgan fingerprint density at radius 2 is 1.79 bits per heavy atom. The van der Waals surface area contributed by atoms with E-state index < -0.39 is 17.7 Å². The second-order valence-corrected chi connectivity index (χ2v) is 6.22. The number of aryl methyl sites for hydroxylation is 1. The molecule has 0 saturated carbocycles. The van der Waals surface area contributed by atoms with Gasteiger partial charge < -0.3 is 10.1 Å². The summed E-state index contributed by atoms with van der Waals surface area (Å²) in [6.45, 7) is 3.75. The van der Waals surface area contributed by atoms with Crippen LogP contribution in [0.3, 0.4) is 0 Å². The van der Waals surface area contributed by atoms with Crippen LogP contribution in [-0.2, 0) is 10.9 Å². The van der Waals surface area contributed by atoms with Crippen molar-refractivity contribution in [2.24, 2.45) is 0 Å². The fourth-order valence-electron chi connectivity index (χ4n) is 2.65. The zero-order valence-electron chi connectivity index (χ0n) is 15.7. The highest BCUT2D eigenvalue weighted by Crippen LogP contribution is 2.31. The SMILES string of the molecule is CCOC(=O)c1ccc(Nc2cc(C)nc(-c3cccc(C(F)(F)F)c3)n2)cc1. The number of carbonyl (C=O) groups excluding carboxylic acids is 1. The first kappa shape index (κ1) is 20.3. The quantitative estimate of drug-likeness (QED) is 0.581.